The highest BCUT2D eigenvalue weighted by atomic mass is 32.2. The Bertz CT molecular complexity index is 2320. The molecule has 2 amide bonds. The quantitative estimate of drug-likeness (QED) is 0.0396. The molecule has 0 saturated carbocycles. The summed E-state index contributed by atoms with van der Waals surface area (Å²) in [6.45, 7) is 12.6. The average Bonchev–Trinajstić information content (AvgIpc) is 3.51. The third-order valence-electron chi connectivity index (χ3n) is 11.7. The van der Waals surface area contributed by atoms with E-state index < -0.39 is 88.8 Å². The van der Waals surface area contributed by atoms with Crippen LogP contribution in [0.4, 0.5) is 5.69 Å². The Hall–Kier alpha value is -5.62. The largest absolute Gasteiger partial charge is 0.507 e. The molecule has 0 saturated heterocycles. The van der Waals surface area contributed by atoms with Gasteiger partial charge in [0.1, 0.15) is 29.0 Å². The number of nitrogens with one attached hydrogen (secondary N) is 2. The van der Waals surface area contributed by atoms with Crippen LogP contribution in [0.5, 0.6) is 23.0 Å². The van der Waals surface area contributed by atoms with E-state index in [0.29, 0.717) is 0 Å². The minimum absolute atomic E-state index is 0.0333. The zero-order chi connectivity index (χ0) is 46.5. The summed E-state index contributed by atoms with van der Waals surface area (Å²) in [5.41, 5.74) is -0.282. The number of carbonyl (C=O) groups excluding carboxylic acids is 4. The Balaban J connectivity index is 1.62. The fourth-order valence-corrected chi connectivity index (χ4v) is 8.88. The van der Waals surface area contributed by atoms with E-state index in [1.165, 1.54) is 53.2 Å². The summed E-state index contributed by atoms with van der Waals surface area (Å²) < 4.78 is 25.3. The smallest absolute Gasteiger partial charge is 0.312 e. The molecule has 1 aromatic heterocycles. The van der Waals surface area contributed by atoms with E-state index in [-0.39, 0.29) is 68.6 Å². The lowest BCUT2D eigenvalue weighted by atomic mass is 9.78. The van der Waals surface area contributed by atoms with Crippen molar-refractivity contribution in [1.82, 2.24) is 5.32 Å². The number of aromatic hydroxyl groups is 3. The number of pyridine rings is 1. The lowest BCUT2D eigenvalue weighted by molar-refractivity contribution is -0.684. The molecule has 6 rings (SSSR count). The number of nitrogens with zero attached hydrogens (tertiary/aromatic N) is 1. The van der Waals surface area contributed by atoms with E-state index in [1.807, 2.05) is 6.07 Å². The summed E-state index contributed by atoms with van der Waals surface area (Å²) in [6, 6.07) is 5.41. The van der Waals surface area contributed by atoms with Crippen LogP contribution >= 0.6 is 11.8 Å². The summed E-state index contributed by atoms with van der Waals surface area (Å²) in [5.74, 6) is -8.72. The number of phenols is 3. The van der Waals surface area contributed by atoms with Crippen LogP contribution in [-0.4, -0.2) is 98.7 Å². The molecule has 16 nitrogen and oxygen atoms in total. The number of phenolic OH excluding ortho intramolecular Hbond substituents is 3. The van der Waals surface area contributed by atoms with Gasteiger partial charge < -0.3 is 55.1 Å². The Kier molecular flexibility index (Phi) is 15.6. The molecule has 4 heterocycles. The van der Waals surface area contributed by atoms with Gasteiger partial charge >= 0.3 is 11.8 Å². The molecule has 0 aliphatic carbocycles. The van der Waals surface area contributed by atoms with E-state index in [2.05, 4.69) is 10.6 Å². The molecule has 17 heteroatoms. The number of hydrogen-bond acceptors (Lipinski definition) is 14. The first-order valence-electron chi connectivity index (χ1n) is 20.6. The molecule has 3 aromatic rings. The van der Waals surface area contributed by atoms with Crippen molar-refractivity contribution in [3.05, 3.63) is 77.9 Å². The number of ketones is 1. The van der Waals surface area contributed by atoms with Gasteiger partial charge in [0.2, 0.25) is 6.54 Å². The molecule has 0 fully saturated rings. The highest BCUT2D eigenvalue weighted by Crippen LogP contribution is 2.57. The van der Waals surface area contributed by atoms with Crippen LogP contribution in [0.25, 0.3) is 10.8 Å². The van der Waals surface area contributed by atoms with Gasteiger partial charge in [0.15, 0.2) is 18.1 Å². The second-order valence-electron chi connectivity index (χ2n) is 16.3. The molecule has 340 valence electrons. The van der Waals surface area contributed by atoms with E-state index >= 15 is 0 Å². The number of carbonyl (C=O) groups is 4. The van der Waals surface area contributed by atoms with Crippen LogP contribution < -0.4 is 19.9 Å². The molecular weight excluding hydrogens is 835 g/mol. The average molecular weight is 893 g/mol. The molecule has 0 radical (unpaired) electrons. The molecule has 63 heavy (non-hydrogen) atoms. The van der Waals surface area contributed by atoms with Gasteiger partial charge in [0.05, 0.1) is 40.4 Å². The van der Waals surface area contributed by atoms with Crippen molar-refractivity contribution < 1.29 is 68.2 Å². The van der Waals surface area contributed by atoms with Gasteiger partial charge in [-0.05, 0) is 19.9 Å². The molecule has 2 aromatic carbocycles. The number of Topliss-reactive ketones (excluding diaryl/α,β-unsaturated/α-hetero) is 1. The first-order valence-corrected chi connectivity index (χ1v) is 21.6. The molecule has 3 aliphatic rings. The van der Waals surface area contributed by atoms with E-state index in [9.17, 15) is 44.7 Å². The van der Waals surface area contributed by atoms with Crippen LogP contribution in [0.15, 0.2) is 71.6 Å². The summed E-state index contributed by atoms with van der Waals surface area (Å²) in [6.07, 6.45) is 6.91. The number of aromatic nitrogens is 1. The first-order chi connectivity index (χ1) is 29.7. The van der Waals surface area contributed by atoms with Crippen molar-refractivity contribution >= 4 is 51.8 Å². The molecular formula is C46H58N3O13S+. The van der Waals surface area contributed by atoms with Crippen LogP contribution in [0, 0.1) is 30.6 Å². The molecule has 0 unspecified atom stereocenters. The number of allylic oxidation sites excluding steroid dienone is 2. The highest BCUT2D eigenvalue weighted by Gasteiger charge is 2.50. The number of esters is 1. The summed E-state index contributed by atoms with van der Waals surface area (Å²) >= 11 is 0.973. The van der Waals surface area contributed by atoms with Gasteiger partial charge in [-0.1, -0.05) is 52.0 Å². The zero-order valence-corrected chi connectivity index (χ0v) is 37.7. The number of fused-ring (bicyclic) bond motifs is 14. The predicted molar refractivity (Wildman–Crippen MR) is 234 cm³/mol. The highest BCUT2D eigenvalue weighted by molar-refractivity contribution is 7.99. The van der Waals surface area contributed by atoms with Gasteiger partial charge in [-0.2, -0.15) is 4.57 Å². The number of amides is 2. The van der Waals surface area contributed by atoms with Crippen LogP contribution in [0.2, 0.25) is 0 Å². The number of ether oxygens (including phenoxy) is 4. The standard InChI is InChI=1S/C46H57N3O13S/c1-23-14-13-15-24(2)45(58)48-35-39(55)33-32(40(56)43(35)63-21-17-47-31(51)22-49-18-11-10-12-19-49)34-42(28(6)38(33)54)62-46(8,44(34)57)60-20-16-30(59-9)25(3)41(61-29(7)50)27(5)37(53)26(4)36(23)52/h10-16,18-20,23,25-27,30,36-37,41,52-53H,17,21-22H2,1-9H3,(H4-,47,48,51,54,55,56,57,58)/p+1/b14-13-,20-16-,24-15-/t23-,25+,26+,27+,30-,36-,37+,41+,46-/m0/s1. The maximum atomic E-state index is 14.5. The van der Waals surface area contributed by atoms with Crippen LogP contribution in [0.3, 0.4) is 0 Å². The second kappa shape index (κ2) is 20.3. The van der Waals surface area contributed by atoms with Crippen LogP contribution in [0.1, 0.15) is 64.4 Å². The molecule has 3 aliphatic heterocycles. The number of anilines is 1. The molecule has 7 N–H and O–H groups in total. The minimum Gasteiger partial charge on any atom is -0.507 e. The lowest BCUT2D eigenvalue weighted by Gasteiger charge is -2.38. The molecule has 9 atom stereocenters. The van der Waals surface area contributed by atoms with E-state index in [1.54, 1.807) is 68.9 Å². The molecule has 0 spiro atoms. The number of methoxy groups -OCH3 is 1. The number of thioether (sulfide) groups is 1. The van der Waals surface area contributed by atoms with Gasteiger partial charge in [-0.25, -0.2) is 0 Å². The third-order valence-corrected chi connectivity index (χ3v) is 12.8. The van der Waals surface area contributed by atoms with Crippen molar-refractivity contribution in [3.63, 3.8) is 0 Å². The van der Waals surface area contributed by atoms with Crippen molar-refractivity contribution in [2.75, 3.05) is 24.7 Å². The minimum atomic E-state index is -2.07. The van der Waals surface area contributed by atoms with Gasteiger partial charge in [0, 0.05) is 85.6 Å². The monoisotopic (exact) mass is 892 g/mol. The predicted octanol–water partition coefficient (Wildman–Crippen LogP) is 4.95. The maximum absolute atomic E-state index is 14.5. The SMILES string of the molecule is CO[C@H]1/C=C\O[C@@]2(C)Oc3c(C)c(O)c4c(O)c(c(SCCNC(=O)C[n+]5ccccc5)c(O)c4c3C2=O)NC(=O)/C(C)=C\C=C/[C@H](C)[C@H](O)[C@@H](C)[C@@H](O)[C@@H](C)[C@H](OC(C)=O)[C@@H]1C. The Morgan fingerprint density at radius 1 is 0.937 bits per heavy atom. The van der Waals surface area contributed by atoms with Crippen molar-refractivity contribution in [1.29, 1.82) is 0 Å². The van der Waals surface area contributed by atoms with Gasteiger partial charge in [0.25, 0.3) is 17.6 Å². The number of benzene rings is 2. The topological polar surface area (TPSA) is 234 Å². The third kappa shape index (κ3) is 10.3. The molecule has 5 bridgehead atoms. The fourth-order valence-electron chi connectivity index (χ4n) is 7.94. The fraction of sp³-hybridized carbons (Fsp3) is 0.457. The van der Waals surface area contributed by atoms with E-state index in [0.717, 1.165) is 11.8 Å². The van der Waals surface area contributed by atoms with Crippen LogP contribution in [-0.2, 0) is 35.1 Å². The summed E-state index contributed by atoms with van der Waals surface area (Å²) in [5, 5.41) is 63.4. The number of hydrogen-bond donors (Lipinski definition) is 7. The second-order valence-corrected chi connectivity index (χ2v) is 17.4. The Labute approximate surface area is 370 Å². The number of rotatable bonds is 8. The van der Waals surface area contributed by atoms with Crippen molar-refractivity contribution in [2.45, 2.75) is 97.0 Å². The zero-order valence-electron chi connectivity index (χ0n) is 36.9. The first kappa shape index (κ1) is 48.4. The van der Waals surface area contributed by atoms with Gasteiger partial charge in [-0.3, -0.25) is 19.2 Å². The Morgan fingerprint density at radius 2 is 1.62 bits per heavy atom. The lowest BCUT2D eigenvalue weighted by Crippen LogP contribution is -2.46. The normalized spacial score (nSPS) is 28.7. The Morgan fingerprint density at radius 3 is 2.27 bits per heavy atom. The van der Waals surface area contributed by atoms with Gasteiger partial charge in [-0.15, -0.1) is 11.8 Å². The van der Waals surface area contributed by atoms with Crippen molar-refractivity contribution in [2.24, 2.45) is 23.7 Å². The number of aliphatic hydroxyl groups excluding tert-OH is 2. The number of aliphatic hydroxyl groups is 2. The van der Waals surface area contributed by atoms with Crippen molar-refractivity contribution in [3.8, 4) is 23.0 Å². The van der Waals surface area contributed by atoms with E-state index in [4.69, 9.17) is 18.9 Å². The summed E-state index contributed by atoms with van der Waals surface area (Å²) in [7, 11) is 1.43. The summed E-state index contributed by atoms with van der Waals surface area (Å²) in [4.78, 5) is 53.2. The maximum Gasteiger partial charge on any atom is 0.312 e.